The van der Waals surface area contributed by atoms with E-state index in [9.17, 15) is 9.59 Å². The van der Waals surface area contributed by atoms with Crippen LogP contribution >= 0.6 is 12.4 Å². The van der Waals surface area contributed by atoms with Gasteiger partial charge in [0.2, 0.25) is 11.8 Å². The highest BCUT2D eigenvalue weighted by Crippen LogP contribution is 2.18. The minimum atomic E-state index is -0.200. The summed E-state index contributed by atoms with van der Waals surface area (Å²) in [6, 6.07) is 5.85. The molecule has 0 aliphatic carbocycles. The van der Waals surface area contributed by atoms with Crippen molar-refractivity contribution in [1.29, 1.82) is 0 Å². The fourth-order valence-electron chi connectivity index (χ4n) is 2.25. The van der Waals surface area contributed by atoms with Crippen LogP contribution in [0.4, 0.5) is 5.69 Å². The van der Waals surface area contributed by atoms with E-state index >= 15 is 0 Å². The van der Waals surface area contributed by atoms with Crippen LogP contribution in [0.5, 0.6) is 0 Å². The van der Waals surface area contributed by atoms with Gasteiger partial charge in [-0.25, -0.2) is 0 Å². The number of benzene rings is 1. The van der Waals surface area contributed by atoms with Crippen molar-refractivity contribution in [3.8, 4) is 0 Å². The van der Waals surface area contributed by atoms with E-state index in [0.717, 1.165) is 42.5 Å². The summed E-state index contributed by atoms with van der Waals surface area (Å²) in [5, 5.41) is 5.51. The fraction of sp³-hybridized carbons (Fsp3) is 0.529. The molecule has 23 heavy (non-hydrogen) atoms. The molecule has 0 spiro atoms. The quantitative estimate of drug-likeness (QED) is 0.604. The predicted molar refractivity (Wildman–Crippen MR) is 96.9 cm³/mol. The van der Waals surface area contributed by atoms with E-state index in [1.807, 2.05) is 32.0 Å². The molecule has 0 saturated heterocycles. The number of hydrogen-bond acceptors (Lipinski definition) is 3. The van der Waals surface area contributed by atoms with Gasteiger partial charge in [0.15, 0.2) is 0 Å². The molecule has 0 radical (unpaired) electrons. The zero-order valence-electron chi connectivity index (χ0n) is 14.0. The summed E-state index contributed by atoms with van der Waals surface area (Å²) in [5.41, 5.74) is 8.26. The maximum atomic E-state index is 11.9. The van der Waals surface area contributed by atoms with Gasteiger partial charge in [-0.15, -0.1) is 12.4 Å². The van der Waals surface area contributed by atoms with Gasteiger partial charge in [0.25, 0.3) is 0 Å². The van der Waals surface area contributed by atoms with Crippen molar-refractivity contribution in [2.75, 3.05) is 18.4 Å². The summed E-state index contributed by atoms with van der Waals surface area (Å²) in [6.07, 6.45) is 4.35. The predicted octanol–water partition coefficient (Wildman–Crippen LogP) is 2.69. The summed E-state index contributed by atoms with van der Waals surface area (Å²) < 4.78 is 0. The average Bonchev–Trinajstić information content (AvgIpc) is 2.49. The second-order valence-corrected chi connectivity index (χ2v) is 5.54. The van der Waals surface area contributed by atoms with E-state index in [-0.39, 0.29) is 30.8 Å². The SMILES string of the molecule is Cc1cccc(C)c1NC(=O)CNC(=O)CCCCCCN.Cl. The Balaban J connectivity index is 0.00000484. The number of nitrogens with two attached hydrogens (primary N) is 1. The molecule has 4 N–H and O–H groups in total. The molecule has 0 unspecified atom stereocenters. The number of unbranched alkanes of at least 4 members (excludes halogenated alkanes) is 3. The highest BCUT2D eigenvalue weighted by Gasteiger charge is 2.08. The lowest BCUT2D eigenvalue weighted by atomic mass is 10.1. The third kappa shape index (κ3) is 8.57. The zero-order chi connectivity index (χ0) is 16.4. The Morgan fingerprint density at radius 1 is 1.00 bits per heavy atom. The van der Waals surface area contributed by atoms with E-state index in [1.54, 1.807) is 0 Å². The number of amides is 2. The standard InChI is InChI=1S/C17H27N3O2.ClH/c1-13-8-7-9-14(2)17(13)20-16(22)12-19-15(21)10-5-3-4-6-11-18;/h7-9H,3-6,10-12,18H2,1-2H3,(H,19,21)(H,20,22);1H. The number of hydrogen-bond donors (Lipinski definition) is 3. The Morgan fingerprint density at radius 2 is 1.61 bits per heavy atom. The van der Waals surface area contributed by atoms with Gasteiger partial charge in [0.05, 0.1) is 6.54 Å². The first kappa shape index (κ1) is 21.4. The van der Waals surface area contributed by atoms with Gasteiger partial charge < -0.3 is 16.4 Å². The molecule has 1 rings (SSSR count). The normalized spacial score (nSPS) is 9.87. The van der Waals surface area contributed by atoms with Gasteiger partial charge in [-0.1, -0.05) is 31.0 Å². The first-order chi connectivity index (χ1) is 10.5. The summed E-state index contributed by atoms with van der Waals surface area (Å²) in [7, 11) is 0. The van der Waals surface area contributed by atoms with Gasteiger partial charge >= 0.3 is 0 Å². The number of carbonyl (C=O) groups excluding carboxylic acids is 2. The molecular weight excluding hydrogens is 314 g/mol. The minimum Gasteiger partial charge on any atom is -0.347 e. The lowest BCUT2D eigenvalue weighted by molar-refractivity contribution is -0.124. The van der Waals surface area contributed by atoms with Gasteiger partial charge in [-0.3, -0.25) is 9.59 Å². The van der Waals surface area contributed by atoms with E-state index in [1.165, 1.54) is 0 Å². The molecule has 2 amide bonds. The van der Waals surface area contributed by atoms with Crippen LogP contribution in [-0.4, -0.2) is 24.9 Å². The van der Waals surface area contributed by atoms with Crippen molar-refractivity contribution in [3.05, 3.63) is 29.3 Å². The monoisotopic (exact) mass is 341 g/mol. The molecular formula is C17H28ClN3O2. The van der Waals surface area contributed by atoms with Gasteiger partial charge in [0.1, 0.15) is 0 Å². The van der Waals surface area contributed by atoms with Crippen LogP contribution in [-0.2, 0) is 9.59 Å². The largest absolute Gasteiger partial charge is 0.347 e. The molecule has 0 aliphatic heterocycles. The van der Waals surface area contributed by atoms with Crippen molar-refractivity contribution in [3.63, 3.8) is 0 Å². The second kappa shape index (κ2) is 11.9. The summed E-state index contributed by atoms with van der Waals surface area (Å²) in [6.45, 7) is 4.60. The minimum absolute atomic E-state index is 0. The number of carbonyl (C=O) groups is 2. The third-order valence-electron chi connectivity index (χ3n) is 3.55. The second-order valence-electron chi connectivity index (χ2n) is 5.54. The van der Waals surface area contributed by atoms with Crippen molar-refractivity contribution >= 4 is 29.9 Å². The number of nitrogens with one attached hydrogen (secondary N) is 2. The van der Waals surface area contributed by atoms with E-state index < -0.39 is 0 Å². The molecule has 0 aromatic heterocycles. The number of para-hydroxylation sites is 1. The smallest absolute Gasteiger partial charge is 0.243 e. The maximum absolute atomic E-state index is 11.9. The van der Waals surface area contributed by atoms with Crippen LogP contribution in [0, 0.1) is 13.8 Å². The molecule has 0 heterocycles. The Morgan fingerprint density at radius 3 is 2.22 bits per heavy atom. The van der Waals surface area contributed by atoms with Gasteiger partial charge in [-0.05, 0) is 44.4 Å². The van der Waals surface area contributed by atoms with Crippen molar-refractivity contribution in [1.82, 2.24) is 5.32 Å². The van der Waals surface area contributed by atoms with Gasteiger partial charge in [0, 0.05) is 12.1 Å². The fourth-order valence-corrected chi connectivity index (χ4v) is 2.25. The number of anilines is 1. The summed E-state index contributed by atoms with van der Waals surface area (Å²) in [5.74, 6) is -0.279. The lowest BCUT2D eigenvalue weighted by Crippen LogP contribution is -2.33. The van der Waals surface area contributed by atoms with Crippen LogP contribution in [0.3, 0.4) is 0 Å². The van der Waals surface area contributed by atoms with E-state index in [4.69, 9.17) is 5.73 Å². The Kier molecular flexibility index (Phi) is 11.1. The van der Waals surface area contributed by atoms with Crippen LogP contribution < -0.4 is 16.4 Å². The lowest BCUT2D eigenvalue weighted by Gasteiger charge is -2.12. The molecule has 0 atom stereocenters. The van der Waals surface area contributed by atoms with Crippen LogP contribution in [0.15, 0.2) is 18.2 Å². The highest BCUT2D eigenvalue weighted by atomic mass is 35.5. The van der Waals surface area contributed by atoms with Crippen molar-refractivity contribution in [2.24, 2.45) is 5.73 Å². The summed E-state index contributed by atoms with van der Waals surface area (Å²) >= 11 is 0. The average molecular weight is 342 g/mol. The topological polar surface area (TPSA) is 84.2 Å². The number of rotatable bonds is 9. The van der Waals surface area contributed by atoms with Crippen LogP contribution in [0.1, 0.15) is 43.2 Å². The Hall–Kier alpha value is -1.59. The Bertz CT molecular complexity index is 486. The molecule has 0 saturated carbocycles. The molecule has 0 bridgehead atoms. The van der Waals surface area contributed by atoms with E-state index in [0.29, 0.717) is 13.0 Å². The Labute approximate surface area is 144 Å². The molecule has 5 nitrogen and oxygen atoms in total. The van der Waals surface area contributed by atoms with Gasteiger partial charge in [-0.2, -0.15) is 0 Å². The van der Waals surface area contributed by atoms with E-state index in [2.05, 4.69) is 10.6 Å². The summed E-state index contributed by atoms with van der Waals surface area (Å²) in [4.78, 5) is 23.5. The molecule has 0 aliphatic rings. The maximum Gasteiger partial charge on any atom is 0.243 e. The van der Waals surface area contributed by atoms with Crippen molar-refractivity contribution in [2.45, 2.75) is 46.0 Å². The van der Waals surface area contributed by atoms with Crippen LogP contribution in [0.2, 0.25) is 0 Å². The third-order valence-corrected chi connectivity index (χ3v) is 3.55. The molecule has 1 aromatic rings. The van der Waals surface area contributed by atoms with Crippen LogP contribution in [0.25, 0.3) is 0 Å². The number of halogens is 1. The first-order valence-corrected chi connectivity index (χ1v) is 7.87. The molecule has 0 fully saturated rings. The first-order valence-electron chi connectivity index (χ1n) is 7.87. The highest BCUT2D eigenvalue weighted by molar-refractivity contribution is 5.95. The molecule has 1 aromatic carbocycles. The zero-order valence-corrected chi connectivity index (χ0v) is 14.8. The molecule has 130 valence electrons. The number of aryl methyl sites for hydroxylation is 2. The molecule has 6 heteroatoms. The van der Waals surface area contributed by atoms with Crippen molar-refractivity contribution < 1.29 is 9.59 Å².